The minimum atomic E-state index is -0.0953. The highest BCUT2D eigenvalue weighted by Gasteiger charge is 2.25. The predicted molar refractivity (Wildman–Crippen MR) is 80.9 cm³/mol. The van der Waals surface area contributed by atoms with Crippen LogP contribution in [-0.2, 0) is 11.2 Å². The molecule has 6 nitrogen and oxygen atoms in total. The van der Waals surface area contributed by atoms with E-state index < -0.39 is 0 Å². The SMILES string of the molecule is COc1ccc(CCN2CCOC(c3noc(C)n3)C2)cc1. The van der Waals surface area contributed by atoms with E-state index >= 15 is 0 Å². The highest BCUT2D eigenvalue weighted by molar-refractivity contribution is 5.27. The summed E-state index contributed by atoms with van der Waals surface area (Å²) in [5.41, 5.74) is 1.30. The third-order valence-electron chi connectivity index (χ3n) is 3.86. The summed E-state index contributed by atoms with van der Waals surface area (Å²) in [6, 6.07) is 8.22. The van der Waals surface area contributed by atoms with Gasteiger partial charge in [-0.2, -0.15) is 4.98 Å². The Morgan fingerprint density at radius 1 is 1.32 bits per heavy atom. The van der Waals surface area contributed by atoms with Crippen LogP contribution in [0.5, 0.6) is 5.75 Å². The summed E-state index contributed by atoms with van der Waals surface area (Å²) in [6.07, 6.45) is 0.907. The zero-order valence-corrected chi connectivity index (χ0v) is 13.0. The molecule has 0 bridgehead atoms. The lowest BCUT2D eigenvalue weighted by atomic mass is 10.1. The Kier molecular flexibility index (Phi) is 4.70. The molecule has 0 aliphatic carbocycles. The van der Waals surface area contributed by atoms with Gasteiger partial charge in [-0.25, -0.2) is 0 Å². The maximum absolute atomic E-state index is 5.75. The van der Waals surface area contributed by atoms with Gasteiger partial charge in [0.2, 0.25) is 11.7 Å². The van der Waals surface area contributed by atoms with Crippen LogP contribution in [0.4, 0.5) is 0 Å². The standard InChI is InChI=1S/C16H21N3O3/c1-12-17-16(18-22-12)15-11-19(9-10-21-15)8-7-13-3-5-14(20-2)6-4-13/h3-6,15H,7-11H2,1-2H3. The maximum atomic E-state index is 5.75. The van der Waals surface area contributed by atoms with Crippen LogP contribution in [0, 0.1) is 6.92 Å². The molecule has 6 heteroatoms. The number of aryl methyl sites for hydroxylation is 1. The fourth-order valence-corrected chi connectivity index (χ4v) is 2.59. The fourth-order valence-electron chi connectivity index (χ4n) is 2.59. The van der Waals surface area contributed by atoms with Gasteiger partial charge in [0.25, 0.3) is 0 Å². The molecule has 3 rings (SSSR count). The number of morpholine rings is 1. The third-order valence-corrected chi connectivity index (χ3v) is 3.86. The molecule has 1 unspecified atom stereocenters. The number of benzene rings is 1. The molecule has 2 heterocycles. The van der Waals surface area contributed by atoms with Crippen LogP contribution in [0.25, 0.3) is 0 Å². The highest BCUT2D eigenvalue weighted by Crippen LogP contribution is 2.20. The maximum Gasteiger partial charge on any atom is 0.223 e. The lowest BCUT2D eigenvalue weighted by Crippen LogP contribution is -2.39. The van der Waals surface area contributed by atoms with Crippen molar-refractivity contribution in [3.05, 3.63) is 41.5 Å². The first-order chi connectivity index (χ1) is 10.7. The number of hydrogen-bond acceptors (Lipinski definition) is 6. The normalized spacial score (nSPS) is 19.3. The first kappa shape index (κ1) is 15.0. The third kappa shape index (κ3) is 3.64. The Labute approximate surface area is 130 Å². The summed E-state index contributed by atoms with van der Waals surface area (Å²) in [6.45, 7) is 5.21. The molecule has 0 radical (unpaired) electrons. The molecule has 1 fully saturated rings. The van der Waals surface area contributed by atoms with E-state index in [4.69, 9.17) is 14.0 Å². The summed E-state index contributed by atoms with van der Waals surface area (Å²) >= 11 is 0. The molecular formula is C16H21N3O3. The van der Waals surface area contributed by atoms with Crippen molar-refractivity contribution in [2.45, 2.75) is 19.4 Å². The number of rotatable bonds is 5. The Balaban J connectivity index is 1.53. The predicted octanol–water partition coefficient (Wildman–Crippen LogP) is 2.00. The van der Waals surface area contributed by atoms with Gasteiger partial charge in [0.05, 0.1) is 13.7 Å². The monoisotopic (exact) mass is 303 g/mol. The number of methoxy groups -OCH3 is 1. The summed E-state index contributed by atoms with van der Waals surface area (Å²) < 4.78 is 16.0. The second kappa shape index (κ2) is 6.89. The lowest BCUT2D eigenvalue weighted by molar-refractivity contribution is -0.0347. The van der Waals surface area contributed by atoms with Crippen molar-refractivity contribution in [1.82, 2.24) is 15.0 Å². The molecule has 0 amide bonds. The van der Waals surface area contributed by atoms with E-state index in [1.165, 1.54) is 5.56 Å². The van der Waals surface area contributed by atoms with E-state index in [0.29, 0.717) is 18.3 Å². The smallest absolute Gasteiger partial charge is 0.223 e. The second-order valence-electron chi connectivity index (χ2n) is 5.43. The Bertz CT molecular complexity index is 597. The molecule has 2 aromatic rings. The van der Waals surface area contributed by atoms with Crippen LogP contribution in [-0.4, -0.2) is 48.4 Å². The van der Waals surface area contributed by atoms with Gasteiger partial charge in [0, 0.05) is 26.6 Å². The number of ether oxygens (including phenoxy) is 2. The Hall–Kier alpha value is -1.92. The summed E-state index contributed by atoms with van der Waals surface area (Å²) in [4.78, 5) is 6.64. The van der Waals surface area contributed by atoms with Crippen molar-refractivity contribution in [2.75, 3.05) is 33.4 Å². The summed E-state index contributed by atoms with van der Waals surface area (Å²) in [5, 5.41) is 3.96. The van der Waals surface area contributed by atoms with E-state index in [-0.39, 0.29) is 6.10 Å². The molecule has 0 saturated carbocycles. The van der Waals surface area contributed by atoms with E-state index in [2.05, 4.69) is 27.2 Å². The largest absolute Gasteiger partial charge is 0.497 e. The van der Waals surface area contributed by atoms with Crippen molar-refractivity contribution in [3.8, 4) is 5.75 Å². The van der Waals surface area contributed by atoms with Crippen LogP contribution >= 0.6 is 0 Å². The van der Waals surface area contributed by atoms with Crippen LogP contribution in [0.15, 0.2) is 28.8 Å². The molecular weight excluding hydrogens is 282 g/mol. The molecule has 22 heavy (non-hydrogen) atoms. The molecule has 1 saturated heterocycles. The minimum absolute atomic E-state index is 0.0953. The number of nitrogens with zero attached hydrogens (tertiary/aromatic N) is 3. The zero-order chi connectivity index (χ0) is 15.4. The second-order valence-corrected chi connectivity index (χ2v) is 5.43. The fraction of sp³-hybridized carbons (Fsp3) is 0.500. The van der Waals surface area contributed by atoms with Gasteiger partial charge in [-0.05, 0) is 24.1 Å². The molecule has 0 spiro atoms. The molecule has 1 aromatic carbocycles. The van der Waals surface area contributed by atoms with Gasteiger partial charge < -0.3 is 14.0 Å². The number of aromatic nitrogens is 2. The van der Waals surface area contributed by atoms with Crippen LogP contribution in [0.1, 0.15) is 23.4 Å². The van der Waals surface area contributed by atoms with E-state index in [1.807, 2.05) is 12.1 Å². The molecule has 1 aliphatic rings. The number of hydrogen-bond donors (Lipinski definition) is 0. The van der Waals surface area contributed by atoms with Crippen molar-refractivity contribution in [3.63, 3.8) is 0 Å². The van der Waals surface area contributed by atoms with E-state index in [9.17, 15) is 0 Å². The Morgan fingerprint density at radius 2 is 2.14 bits per heavy atom. The van der Waals surface area contributed by atoms with Crippen LogP contribution in [0.2, 0.25) is 0 Å². The van der Waals surface area contributed by atoms with Gasteiger partial charge in [-0.3, -0.25) is 4.90 Å². The quantitative estimate of drug-likeness (QED) is 0.842. The van der Waals surface area contributed by atoms with Crippen LogP contribution < -0.4 is 4.74 Å². The molecule has 0 N–H and O–H groups in total. The first-order valence-corrected chi connectivity index (χ1v) is 7.51. The molecule has 1 aromatic heterocycles. The minimum Gasteiger partial charge on any atom is -0.497 e. The van der Waals surface area contributed by atoms with E-state index in [1.54, 1.807) is 14.0 Å². The van der Waals surface area contributed by atoms with Gasteiger partial charge in [0.15, 0.2) is 0 Å². The summed E-state index contributed by atoms with van der Waals surface area (Å²) in [7, 11) is 1.68. The molecule has 118 valence electrons. The highest BCUT2D eigenvalue weighted by atomic mass is 16.5. The van der Waals surface area contributed by atoms with Crippen molar-refractivity contribution in [1.29, 1.82) is 0 Å². The average Bonchev–Trinajstić information content (AvgIpc) is 3.00. The van der Waals surface area contributed by atoms with Gasteiger partial charge in [-0.1, -0.05) is 17.3 Å². The summed E-state index contributed by atoms with van der Waals surface area (Å²) in [5.74, 6) is 2.11. The van der Waals surface area contributed by atoms with Crippen LogP contribution in [0.3, 0.4) is 0 Å². The van der Waals surface area contributed by atoms with Gasteiger partial charge in [0.1, 0.15) is 11.9 Å². The van der Waals surface area contributed by atoms with Gasteiger partial charge in [-0.15, -0.1) is 0 Å². The zero-order valence-electron chi connectivity index (χ0n) is 13.0. The van der Waals surface area contributed by atoms with Gasteiger partial charge >= 0.3 is 0 Å². The molecule has 1 aliphatic heterocycles. The first-order valence-electron chi connectivity index (χ1n) is 7.51. The molecule has 1 atom stereocenters. The van der Waals surface area contributed by atoms with Crippen molar-refractivity contribution in [2.24, 2.45) is 0 Å². The van der Waals surface area contributed by atoms with Crippen molar-refractivity contribution < 1.29 is 14.0 Å². The Morgan fingerprint density at radius 3 is 2.82 bits per heavy atom. The van der Waals surface area contributed by atoms with Crippen molar-refractivity contribution >= 4 is 0 Å². The average molecular weight is 303 g/mol. The topological polar surface area (TPSA) is 60.6 Å². The lowest BCUT2D eigenvalue weighted by Gasteiger charge is -2.31. The van der Waals surface area contributed by atoms with E-state index in [0.717, 1.165) is 31.8 Å².